The van der Waals surface area contributed by atoms with Crippen molar-refractivity contribution in [2.75, 3.05) is 6.54 Å². The summed E-state index contributed by atoms with van der Waals surface area (Å²) in [6.45, 7) is 0.222. The molecular formula is C19H18ClNO5. The summed E-state index contributed by atoms with van der Waals surface area (Å²) in [7, 11) is 0. The molecule has 0 radical (unpaired) electrons. The van der Waals surface area contributed by atoms with E-state index in [1.807, 2.05) is 30.3 Å². The zero-order valence-corrected chi connectivity index (χ0v) is 14.6. The van der Waals surface area contributed by atoms with Gasteiger partial charge >= 0.3 is 12.1 Å². The van der Waals surface area contributed by atoms with Crippen molar-refractivity contribution in [3.8, 4) is 5.75 Å². The van der Waals surface area contributed by atoms with Crippen molar-refractivity contribution in [2.24, 2.45) is 0 Å². The van der Waals surface area contributed by atoms with E-state index in [9.17, 15) is 14.7 Å². The van der Waals surface area contributed by atoms with E-state index in [2.05, 4.69) is 0 Å². The van der Waals surface area contributed by atoms with Gasteiger partial charge in [0.15, 0.2) is 0 Å². The van der Waals surface area contributed by atoms with Crippen LogP contribution in [0.3, 0.4) is 0 Å². The van der Waals surface area contributed by atoms with E-state index in [0.29, 0.717) is 10.8 Å². The number of amides is 1. The van der Waals surface area contributed by atoms with Crippen molar-refractivity contribution in [3.63, 3.8) is 0 Å². The van der Waals surface area contributed by atoms with E-state index in [0.717, 1.165) is 5.56 Å². The number of aliphatic carboxylic acids is 1. The van der Waals surface area contributed by atoms with Gasteiger partial charge in [0.2, 0.25) is 0 Å². The highest BCUT2D eigenvalue weighted by Crippen LogP contribution is 2.26. The predicted octanol–water partition coefficient (Wildman–Crippen LogP) is 3.58. The third-order valence-electron chi connectivity index (χ3n) is 4.09. The van der Waals surface area contributed by atoms with E-state index in [1.165, 1.54) is 4.90 Å². The van der Waals surface area contributed by atoms with Crippen LogP contribution in [-0.2, 0) is 16.1 Å². The van der Waals surface area contributed by atoms with Crippen molar-refractivity contribution in [1.82, 2.24) is 4.90 Å². The Morgan fingerprint density at radius 3 is 2.62 bits per heavy atom. The normalized spacial score (nSPS) is 19.2. The fraction of sp³-hybridized carbons (Fsp3) is 0.263. The number of carbonyl (C=O) groups is 2. The lowest BCUT2D eigenvalue weighted by Gasteiger charge is -2.20. The second kappa shape index (κ2) is 8.10. The fourth-order valence-electron chi connectivity index (χ4n) is 2.85. The van der Waals surface area contributed by atoms with E-state index in [1.54, 1.807) is 24.3 Å². The highest BCUT2D eigenvalue weighted by Gasteiger charge is 2.41. The van der Waals surface area contributed by atoms with Crippen LogP contribution in [0.15, 0.2) is 54.6 Å². The van der Waals surface area contributed by atoms with Gasteiger partial charge in [0.25, 0.3) is 0 Å². The lowest BCUT2D eigenvalue weighted by molar-refractivity contribution is -0.141. The molecule has 1 fully saturated rings. The van der Waals surface area contributed by atoms with Crippen LogP contribution in [0.1, 0.15) is 12.0 Å². The van der Waals surface area contributed by atoms with Crippen LogP contribution < -0.4 is 4.74 Å². The van der Waals surface area contributed by atoms with E-state index in [-0.39, 0.29) is 19.6 Å². The molecule has 7 heteroatoms. The van der Waals surface area contributed by atoms with Crippen molar-refractivity contribution >= 4 is 23.7 Å². The van der Waals surface area contributed by atoms with Crippen LogP contribution in [0.25, 0.3) is 0 Å². The van der Waals surface area contributed by atoms with Crippen molar-refractivity contribution < 1.29 is 24.2 Å². The predicted molar refractivity (Wildman–Crippen MR) is 95.2 cm³/mol. The van der Waals surface area contributed by atoms with Gasteiger partial charge in [-0.15, -0.1) is 0 Å². The third kappa shape index (κ3) is 4.46. The lowest BCUT2D eigenvalue weighted by atomic mass is 10.2. The molecule has 1 saturated heterocycles. The Bertz CT molecular complexity index is 783. The molecule has 0 saturated carbocycles. The number of carboxylic acid groups (broad SMARTS) is 1. The Morgan fingerprint density at radius 1 is 1.15 bits per heavy atom. The molecule has 136 valence electrons. The van der Waals surface area contributed by atoms with Crippen LogP contribution in [0, 0.1) is 0 Å². The van der Waals surface area contributed by atoms with E-state index in [4.69, 9.17) is 21.1 Å². The molecule has 3 rings (SSSR count). The van der Waals surface area contributed by atoms with E-state index < -0.39 is 24.2 Å². The first-order chi connectivity index (χ1) is 12.5. The topological polar surface area (TPSA) is 76.1 Å². The smallest absolute Gasteiger partial charge is 0.410 e. The fourth-order valence-corrected chi connectivity index (χ4v) is 3.03. The van der Waals surface area contributed by atoms with Gasteiger partial charge in [0.05, 0.1) is 6.54 Å². The number of ether oxygens (including phenoxy) is 2. The van der Waals surface area contributed by atoms with Crippen LogP contribution in [-0.4, -0.2) is 40.8 Å². The standard InChI is InChI=1S/C19H18ClNO5/c20-14-7-4-8-15(9-14)26-16-10-17(18(22)23)21(11-16)19(24)25-12-13-5-2-1-3-6-13/h1-9,16-17H,10-12H2,(H,22,23). The molecule has 1 amide bonds. The molecule has 2 unspecified atom stereocenters. The van der Waals surface area contributed by atoms with Gasteiger partial charge < -0.3 is 14.6 Å². The number of benzene rings is 2. The molecule has 2 atom stereocenters. The maximum absolute atomic E-state index is 12.3. The number of halogens is 1. The molecule has 1 aliphatic heterocycles. The van der Waals surface area contributed by atoms with Crippen LogP contribution >= 0.6 is 11.6 Å². The van der Waals surface area contributed by atoms with E-state index >= 15 is 0 Å². The minimum atomic E-state index is -1.08. The minimum Gasteiger partial charge on any atom is -0.488 e. The number of nitrogens with zero attached hydrogens (tertiary/aromatic N) is 1. The summed E-state index contributed by atoms with van der Waals surface area (Å²) in [4.78, 5) is 25.1. The number of carboxylic acids is 1. The monoisotopic (exact) mass is 375 g/mol. The Labute approximate surface area is 155 Å². The summed E-state index contributed by atoms with van der Waals surface area (Å²) < 4.78 is 11.0. The van der Waals surface area contributed by atoms with Gasteiger partial charge in [-0.25, -0.2) is 9.59 Å². The molecule has 1 aliphatic rings. The summed E-state index contributed by atoms with van der Waals surface area (Å²) in [5, 5.41) is 9.94. The molecule has 2 aromatic carbocycles. The maximum Gasteiger partial charge on any atom is 0.410 e. The average molecular weight is 376 g/mol. The Balaban J connectivity index is 1.63. The van der Waals surface area contributed by atoms with Gasteiger partial charge in [0.1, 0.15) is 24.5 Å². The molecule has 2 aromatic rings. The van der Waals surface area contributed by atoms with Gasteiger partial charge in [-0.3, -0.25) is 4.90 Å². The first-order valence-electron chi connectivity index (χ1n) is 8.15. The summed E-state index contributed by atoms with van der Waals surface area (Å²) in [5.74, 6) is -0.551. The molecule has 0 bridgehead atoms. The van der Waals surface area contributed by atoms with Gasteiger partial charge in [-0.2, -0.15) is 0 Å². The first kappa shape index (κ1) is 18.1. The van der Waals surface area contributed by atoms with Gasteiger partial charge in [0, 0.05) is 11.4 Å². The Hall–Kier alpha value is -2.73. The number of rotatable bonds is 5. The molecule has 26 heavy (non-hydrogen) atoms. The molecule has 1 heterocycles. The molecular weight excluding hydrogens is 358 g/mol. The van der Waals surface area contributed by atoms with Gasteiger partial charge in [-0.05, 0) is 23.8 Å². The summed E-state index contributed by atoms with van der Waals surface area (Å²) in [6, 6.07) is 15.1. The highest BCUT2D eigenvalue weighted by atomic mass is 35.5. The number of hydrogen-bond acceptors (Lipinski definition) is 4. The largest absolute Gasteiger partial charge is 0.488 e. The quantitative estimate of drug-likeness (QED) is 0.864. The first-order valence-corrected chi connectivity index (χ1v) is 8.53. The second-order valence-corrected chi connectivity index (χ2v) is 6.42. The van der Waals surface area contributed by atoms with Gasteiger partial charge in [-0.1, -0.05) is 48.0 Å². The highest BCUT2D eigenvalue weighted by molar-refractivity contribution is 6.30. The van der Waals surface area contributed by atoms with Crippen molar-refractivity contribution in [2.45, 2.75) is 25.2 Å². The van der Waals surface area contributed by atoms with Crippen LogP contribution in [0.4, 0.5) is 4.79 Å². The molecule has 0 spiro atoms. The zero-order chi connectivity index (χ0) is 18.5. The number of carbonyl (C=O) groups excluding carboxylic acids is 1. The average Bonchev–Trinajstić information content (AvgIpc) is 3.05. The molecule has 1 N–H and O–H groups in total. The SMILES string of the molecule is O=C(O)C1CC(Oc2cccc(Cl)c2)CN1C(=O)OCc1ccccc1. The maximum atomic E-state index is 12.3. The van der Waals surface area contributed by atoms with Crippen LogP contribution in [0.2, 0.25) is 5.02 Å². The zero-order valence-electron chi connectivity index (χ0n) is 13.9. The molecule has 0 aromatic heterocycles. The lowest BCUT2D eigenvalue weighted by Crippen LogP contribution is -2.40. The Morgan fingerprint density at radius 2 is 1.92 bits per heavy atom. The summed E-state index contributed by atoms with van der Waals surface area (Å²) in [6.07, 6.45) is -0.931. The second-order valence-electron chi connectivity index (χ2n) is 5.98. The molecule has 6 nitrogen and oxygen atoms in total. The summed E-state index contributed by atoms with van der Waals surface area (Å²) in [5.41, 5.74) is 0.832. The number of likely N-dealkylation sites (tertiary alicyclic amines) is 1. The van der Waals surface area contributed by atoms with Crippen molar-refractivity contribution in [1.29, 1.82) is 0 Å². The van der Waals surface area contributed by atoms with Crippen LogP contribution in [0.5, 0.6) is 5.75 Å². The molecule has 0 aliphatic carbocycles. The van der Waals surface area contributed by atoms with Crippen molar-refractivity contribution in [3.05, 3.63) is 65.2 Å². The minimum absolute atomic E-state index is 0.0856. The number of hydrogen-bond donors (Lipinski definition) is 1. The third-order valence-corrected chi connectivity index (χ3v) is 4.32. The Kier molecular flexibility index (Phi) is 5.63. The summed E-state index contributed by atoms with van der Waals surface area (Å²) >= 11 is 5.93.